The van der Waals surface area contributed by atoms with Crippen LogP contribution in [0.2, 0.25) is 0 Å². The average Bonchev–Trinajstić information content (AvgIpc) is 2.97. The molecule has 0 radical (unpaired) electrons. The Morgan fingerprint density at radius 1 is 1.25 bits per heavy atom. The lowest BCUT2D eigenvalue weighted by Gasteiger charge is -2.03. The van der Waals surface area contributed by atoms with Gasteiger partial charge in [-0.15, -0.1) is 0 Å². The van der Waals surface area contributed by atoms with Crippen LogP contribution in [-0.4, -0.2) is 5.11 Å². The second-order valence-electron chi connectivity index (χ2n) is 4.24. The Kier molecular flexibility index (Phi) is 2.01. The molecule has 1 saturated carbocycles. The first-order valence-corrected chi connectivity index (χ1v) is 5.21. The largest absolute Gasteiger partial charge is 0.455 e. The third-order valence-electron chi connectivity index (χ3n) is 2.91. The highest BCUT2D eigenvalue weighted by atomic mass is 19.1. The van der Waals surface area contributed by atoms with Gasteiger partial charge in [-0.3, -0.25) is 0 Å². The van der Waals surface area contributed by atoms with Gasteiger partial charge in [-0.05, 0) is 30.9 Å². The molecule has 2 nitrogen and oxygen atoms in total. The van der Waals surface area contributed by atoms with Crippen LogP contribution in [0.5, 0.6) is 0 Å². The van der Waals surface area contributed by atoms with Gasteiger partial charge < -0.3 is 9.52 Å². The minimum absolute atomic E-state index is 0.0103. The molecule has 1 aromatic heterocycles. The number of aliphatic hydroxyl groups excluding tert-OH is 1. The van der Waals surface area contributed by atoms with E-state index in [1.165, 1.54) is 12.1 Å². The van der Waals surface area contributed by atoms with Crippen molar-refractivity contribution >= 4 is 11.0 Å². The standard InChI is InChI=1S/C12H10F2O2/c13-8-3-7-4-10(11(15)6-1-2-6)16-12(7)9(14)5-8/h3-6,11,15H,1-2H2. The molecule has 0 amide bonds. The van der Waals surface area contributed by atoms with Gasteiger partial charge in [0.15, 0.2) is 11.4 Å². The van der Waals surface area contributed by atoms with Gasteiger partial charge in [-0.25, -0.2) is 8.78 Å². The summed E-state index contributed by atoms with van der Waals surface area (Å²) < 4.78 is 31.5. The van der Waals surface area contributed by atoms with Crippen molar-refractivity contribution in [3.05, 3.63) is 35.6 Å². The zero-order chi connectivity index (χ0) is 11.3. The van der Waals surface area contributed by atoms with E-state index in [0.29, 0.717) is 11.1 Å². The first kappa shape index (κ1) is 9.78. The highest BCUT2D eigenvalue weighted by Gasteiger charge is 2.33. The highest BCUT2D eigenvalue weighted by Crippen LogP contribution is 2.42. The van der Waals surface area contributed by atoms with Gasteiger partial charge in [-0.1, -0.05) is 0 Å². The van der Waals surface area contributed by atoms with Crippen molar-refractivity contribution in [1.82, 2.24) is 0 Å². The van der Waals surface area contributed by atoms with E-state index in [0.717, 1.165) is 18.9 Å². The van der Waals surface area contributed by atoms with Crippen LogP contribution in [0.25, 0.3) is 11.0 Å². The van der Waals surface area contributed by atoms with Gasteiger partial charge in [0.2, 0.25) is 0 Å². The summed E-state index contributed by atoms with van der Waals surface area (Å²) in [6, 6.07) is 3.48. The molecule has 1 aliphatic carbocycles. The lowest BCUT2D eigenvalue weighted by molar-refractivity contribution is 0.129. The Hall–Kier alpha value is -1.42. The maximum Gasteiger partial charge on any atom is 0.170 e. The Labute approximate surface area is 90.5 Å². The molecule has 84 valence electrons. The Bertz CT molecular complexity index is 543. The van der Waals surface area contributed by atoms with E-state index in [9.17, 15) is 13.9 Å². The molecule has 1 N–H and O–H groups in total. The smallest absolute Gasteiger partial charge is 0.170 e. The van der Waals surface area contributed by atoms with Crippen molar-refractivity contribution in [2.24, 2.45) is 5.92 Å². The van der Waals surface area contributed by atoms with Gasteiger partial charge in [0, 0.05) is 11.5 Å². The molecular formula is C12H10F2O2. The average molecular weight is 224 g/mol. The topological polar surface area (TPSA) is 33.4 Å². The zero-order valence-electron chi connectivity index (χ0n) is 8.41. The Morgan fingerprint density at radius 2 is 2.00 bits per heavy atom. The number of hydrogen-bond donors (Lipinski definition) is 1. The van der Waals surface area contributed by atoms with E-state index < -0.39 is 17.7 Å². The third-order valence-corrected chi connectivity index (χ3v) is 2.91. The molecule has 1 aliphatic rings. The van der Waals surface area contributed by atoms with Crippen molar-refractivity contribution in [2.75, 3.05) is 0 Å². The van der Waals surface area contributed by atoms with Crippen molar-refractivity contribution in [2.45, 2.75) is 18.9 Å². The lowest BCUT2D eigenvalue weighted by Crippen LogP contribution is -1.96. The number of hydrogen-bond acceptors (Lipinski definition) is 2. The molecule has 4 heteroatoms. The van der Waals surface area contributed by atoms with Gasteiger partial charge in [-0.2, -0.15) is 0 Å². The molecule has 1 unspecified atom stereocenters. The second kappa shape index (κ2) is 3.28. The predicted molar refractivity (Wildman–Crippen MR) is 53.8 cm³/mol. The first-order valence-electron chi connectivity index (χ1n) is 5.21. The summed E-state index contributed by atoms with van der Waals surface area (Å²) in [5.41, 5.74) is 0.0103. The van der Waals surface area contributed by atoms with Gasteiger partial charge in [0.1, 0.15) is 17.7 Å². The van der Waals surface area contributed by atoms with Gasteiger partial charge in [0.05, 0.1) is 0 Å². The quantitative estimate of drug-likeness (QED) is 0.850. The van der Waals surface area contributed by atoms with E-state index in [1.807, 2.05) is 0 Å². The summed E-state index contributed by atoms with van der Waals surface area (Å²) in [4.78, 5) is 0. The molecule has 0 saturated heterocycles. The number of aliphatic hydroxyl groups is 1. The monoisotopic (exact) mass is 224 g/mol. The molecule has 0 bridgehead atoms. The summed E-state index contributed by atoms with van der Waals surface area (Å²) >= 11 is 0. The van der Waals surface area contributed by atoms with Crippen LogP contribution >= 0.6 is 0 Å². The molecule has 1 fully saturated rings. The first-order chi connectivity index (χ1) is 7.65. The minimum atomic E-state index is -0.732. The summed E-state index contributed by atoms with van der Waals surface area (Å²) in [6.45, 7) is 0. The van der Waals surface area contributed by atoms with Crippen molar-refractivity contribution in [3.8, 4) is 0 Å². The van der Waals surface area contributed by atoms with Crippen LogP contribution in [0.4, 0.5) is 8.78 Å². The Balaban J connectivity index is 2.11. The van der Waals surface area contributed by atoms with Crippen LogP contribution < -0.4 is 0 Å². The number of benzene rings is 1. The zero-order valence-corrected chi connectivity index (χ0v) is 8.41. The second-order valence-corrected chi connectivity index (χ2v) is 4.24. The maximum absolute atomic E-state index is 13.3. The summed E-state index contributed by atoms with van der Waals surface area (Å²) in [5.74, 6) is -0.849. The summed E-state index contributed by atoms with van der Waals surface area (Å²) in [5, 5.41) is 10.2. The van der Waals surface area contributed by atoms with E-state index in [1.54, 1.807) is 0 Å². The number of fused-ring (bicyclic) bond motifs is 1. The summed E-state index contributed by atoms with van der Waals surface area (Å²) in [7, 11) is 0. The molecule has 0 spiro atoms. The van der Waals surface area contributed by atoms with E-state index in [2.05, 4.69) is 0 Å². The Morgan fingerprint density at radius 3 is 2.69 bits per heavy atom. The summed E-state index contributed by atoms with van der Waals surface area (Å²) in [6.07, 6.45) is 1.21. The molecule has 16 heavy (non-hydrogen) atoms. The minimum Gasteiger partial charge on any atom is -0.455 e. The molecule has 1 atom stereocenters. The van der Waals surface area contributed by atoms with Crippen molar-refractivity contribution in [3.63, 3.8) is 0 Å². The molecule has 1 heterocycles. The SMILES string of the molecule is OC(c1cc2cc(F)cc(F)c2o1)C1CC1. The molecule has 1 aromatic carbocycles. The molecule has 2 aromatic rings. The number of rotatable bonds is 2. The molecule has 3 rings (SSSR count). The number of halogens is 2. The van der Waals surface area contributed by atoms with Crippen LogP contribution in [0, 0.1) is 17.6 Å². The van der Waals surface area contributed by atoms with Crippen molar-refractivity contribution < 1.29 is 18.3 Å². The van der Waals surface area contributed by atoms with Crippen LogP contribution in [0.15, 0.2) is 22.6 Å². The molecule has 0 aliphatic heterocycles. The van der Waals surface area contributed by atoms with Gasteiger partial charge in [0.25, 0.3) is 0 Å². The van der Waals surface area contributed by atoms with E-state index in [4.69, 9.17) is 4.42 Å². The van der Waals surface area contributed by atoms with Crippen molar-refractivity contribution in [1.29, 1.82) is 0 Å². The number of furan rings is 1. The normalized spacial score (nSPS) is 17.9. The molecular weight excluding hydrogens is 214 g/mol. The fourth-order valence-electron chi connectivity index (χ4n) is 1.89. The fourth-order valence-corrected chi connectivity index (χ4v) is 1.89. The predicted octanol–water partition coefficient (Wildman–Crippen LogP) is 3.15. The van der Waals surface area contributed by atoms with Crippen LogP contribution in [0.1, 0.15) is 24.7 Å². The van der Waals surface area contributed by atoms with Gasteiger partial charge >= 0.3 is 0 Å². The lowest BCUT2D eigenvalue weighted by atomic mass is 10.1. The highest BCUT2D eigenvalue weighted by molar-refractivity contribution is 5.78. The van der Waals surface area contributed by atoms with Crippen LogP contribution in [-0.2, 0) is 0 Å². The van der Waals surface area contributed by atoms with Crippen LogP contribution in [0.3, 0.4) is 0 Å². The maximum atomic E-state index is 13.3. The fraction of sp³-hybridized carbons (Fsp3) is 0.333. The van der Waals surface area contributed by atoms with E-state index >= 15 is 0 Å². The van der Waals surface area contributed by atoms with E-state index in [-0.39, 0.29) is 11.5 Å². The third kappa shape index (κ3) is 1.50.